The van der Waals surface area contributed by atoms with E-state index in [1.165, 1.54) is 31.6 Å². The summed E-state index contributed by atoms with van der Waals surface area (Å²) in [7, 11) is 0. The first-order valence-corrected chi connectivity index (χ1v) is 10.9. The molecule has 1 aromatic rings. The van der Waals surface area contributed by atoms with E-state index in [0.29, 0.717) is 18.0 Å². The van der Waals surface area contributed by atoms with Gasteiger partial charge in [0.1, 0.15) is 0 Å². The SMILES string of the molecule is CCN1CC2CC2(C2=CCC(N3CC(=O)N(CC)c4ccccc4C3)C=C2)C1. The minimum absolute atomic E-state index is 0.214. The highest BCUT2D eigenvalue weighted by molar-refractivity contribution is 5.96. The van der Waals surface area contributed by atoms with E-state index in [1.807, 2.05) is 11.0 Å². The Kier molecular flexibility index (Phi) is 4.44. The summed E-state index contributed by atoms with van der Waals surface area (Å²) in [5.74, 6) is 1.08. The number of carbonyl (C=O) groups excluding carboxylic acids is 1. The van der Waals surface area contributed by atoms with Crippen LogP contribution in [-0.4, -0.2) is 54.5 Å². The Morgan fingerprint density at radius 3 is 2.71 bits per heavy atom. The summed E-state index contributed by atoms with van der Waals surface area (Å²) in [6.07, 6.45) is 9.61. The lowest BCUT2D eigenvalue weighted by Crippen LogP contribution is -2.41. The lowest BCUT2D eigenvalue weighted by molar-refractivity contribution is -0.119. The summed E-state index contributed by atoms with van der Waals surface area (Å²) in [6, 6.07) is 8.69. The fraction of sp³-hybridized carbons (Fsp3) is 0.542. The molecule has 28 heavy (non-hydrogen) atoms. The molecule has 3 unspecified atom stereocenters. The van der Waals surface area contributed by atoms with Gasteiger partial charge in [-0.25, -0.2) is 0 Å². The minimum Gasteiger partial charge on any atom is -0.311 e. The molecule has 1 saturated carbocycles. The van der Waals surface area contributed by atoms with Gasteiger partial charge in [0.15, 0.2) is 0 Å². The third-order valence-electron chi connectivity index (χ3n) is 7.40. The van der Waals surface area contributed by atoms with Crippen LogP contribution in [0.1, 0.15) is 32.3 Å². The Labute approximate surface area is 168 Å². The number of piperidine rings is 1. The van der Waals surface area contributed by atoms with E-state index < -0.39 is 0 Å². The molecule has 4 aliphatic rings. The van der Waals surface area contributed by atoms with Crippen LogP contribution >= 0.6 is 0 Å². The summed E-state index contributed by atoms with van der Waals surface area (Å²) in [5.41, 5.74) is 4.34. The van der Waals surface area contributed by atoms with Gasteiger partial charge in [-0.2, -0.15) is 0 Å². The predicted molar refractivity (Wildman–Crippen MR) is 113 cm³/mol. The summed E-state index contributed by atoms with van der Waals surface area (Å²) in [5, 5.41) is 0. The van der Waals surface area contributed by atoms with Crippen molar-refractivity contribution in [3.05, 3.63) is 53.6 Å². The first kappa shape index (κ1) is 18.1. The van der Waals surface area contributed by atoms with Crippen molar-refractivity contribution in [3.8, 4) is 0 Å². The van der Waals surface area contributed by atoms with Crippen LogP contribution in [0.4, 0.5) is 5.69 Å². The number of para-hydroxylation sites is 1. The van der Waals surface area contributed by atoms with Crippen LogP contribution in [0.5, 0.6) is 0 Å². The van der Waals surface area contributed by atoms with Crippen LogP contribution in [0.3, 0.4) is 0 Å². The molecule has 0 aromatic heterocycles. The number of amides is 1. The second-order valence-corrected chi connectivity index (χ2v) is 8.88. The molecule has 3 atom stereocenters. The van der Waals surface area contributed by atoms with Gasteiger partial charge >= 0.3 is 0 Å². The molecule has 4 nitrogen and oxygen atoms in total. The molecule has 0 radical (unpaired) electrons. The van der Waals surface area contributed by atoms with E-state index in [-0.39, 0.29) is 5.91 Å². The number of nitrogens with zero attached hydrogens (tertiary/aromatic N) is 3. The highest BCUT2D eigenvalue weighted by Gasteiger charge is 2.60. The van der Waals surface area contributed by atoms with Gasteiger partial charge in [0.25, 0.3) is 0 Å². The van der Waals surface area contributed by atoms with E-state index in [4.69, 9.17) is 0 Å². The van der Waals surface area contributed by atoms with Gasteiger partial charge in [0.2, 0.25) is 5.91 Å². The summed E-state index contributed by atoms with van der Waals surface area (Å²) < 4.78 is 0. The van der Waals surface area contributed by atoms with Gasteiger partial charge in [-0.15, -0.1) is 0 Å². The third kappa shape index (κ3) is 2.85. The average Bonchev–Trinajstić information content (AvgIpc) is 3.34. The molecular weight excluding hydrogens is 346 g/mol. The zero-order valence-electron chi connectivity index (χ0n) is 17.1. The zero-order valence-corrected chi connectivity index (χ0v) is 17.1. The highest BCUT2D eigenvalue weighted by Crippen LogP contribution is 2.62. The lowest BCUT2D eigenvalue weighted by Gasteiger charge is -2.30. The summed E-state index contributed by atoms with van der Waals surface area (Å²) in [4.78, 5) is 19.8. The largest absolute Gasteiger partial charge is 0.311 e. The monoisotopic (exact) mass is 377 g/mol. The molecule has 4 heteroatoms. The maximum atomic E-state index is 12.9. The third-order valence-corrected chi connectivity index (χ3v) is 7.40. The van der Waals surface area contributed by atoms with Crippen LogP contribution in [0.2, 0.25) is 0 Å². The molecule has 1 amide bonds. The Hall–Kier alpha value is -1.91. The second kappa shape index (κ2) is 6.85. The van der Waals surface area contributed by atoms with Crippen molar-refractivity contribution >= 4 is 11.6 Å². The first-order valence-electron chi connectivity index (χ1n) is 10.9. The molecular formula is C24H31N3O. The fourth-order valence-corrected chi connectivity index (χ4v) is 5.68. The molecule has 1 saturated heterocycles. The number of rotatable bonds is 4. The van der Waals surface area contributed by atoms with Gasteiger partial charge < -0.3 is 9.80 Å². The number of fused-ring (bicyclic) bond motifs is 2. The van der Waals surface area contributed by atoms with Crippen LogP contribution < -0.4 is 4.90 Å². The Morgan fingerprint density at radius 1 is 1.14 bits per heavy atom. The standard InChI is InChI=1S/C24H31N3O/c1-3-25-15-20-13-24(20,17-25)19-9-11-21(12-10-19)26-14-18-7-5-6-8-22(18)27(4-2)23(28)16-26/h5-11,20-21H,3-4,12-17H2,1-2H3. The van der Waals surface area contributed by atoms with E-state index in [0.717, 1.165) is 31.1 Å². The van der Waals surface area contributed by atoms with Crippen molar-refractivity contribution < 1.29 is 4.79 Å². The van der Waals surface area contributed by atoms with Crippen molar-refractivity contribution in [1.82, 2.24) is 9.80 Å². The minimum atomic E-state index is 0.214. The van der Waals surface area contributed by atoms with Crippen molar-refractivity contribution in [2.45, 2.75) is 39.3 Å². The van der Waals surface area contributed by atoms with E-state index in [9.17, 15) is 4.79 Å². The molecule has 2 heterocycles. The molecule has 0 N–H and O–H groups in total. The van der Waals surface area contributed by atoms with Crippen LogP contribution in [0, 0.1) is 11.3 Å². The van der Waals surface area contributed by atoms with Gasteiger partial charge in [0.05, 0.1) is 6.54 Å². The molecule has 2 fully saturated rings. The van der Waals surface area contributed by atoms with Crippen molar-refractivity contribution in [1.29, 1.82) is 0 Å². The summed E-state index contributed by atoms with van der Waals surface area (Å²) in [6.45, 7) is 10.1. The zero-order chi connectivity index (χ0) is 19.3. The van der Waals surface area contributed by atoms with E-state index in [2.05, 4.69) is 60.1 Å². The van der Waals surface area contributed by atoms with Gasteiger partial charge in [-0.1, -0.05) is 43.4 Å². The van der Waals surface area contributed by atoms with Crippen molar-refractivity contribution in [2.24, 2.45) is 11.3 Å². The number of hydrogen-bond donors (Lipinski definition) is 0. The Morgan fingerprint density at radius 2 is 2.00 bits per heavy atom. The van der Waals surface area contributed by atoms with Gasteiger partial charge in [-0.05, 0) is 49.4 Å². The van der Waals surface area contributed by atoms with E-state index >= 15 is 0 Å². The number of benzene rings is 1. The Balaban J connectivity index is 1.33. The van der Waals surface area contributed by atoms with Gasteiger partial charge in [-0.3, -0.25) is 9.69 Å². The highest BCUT2D eigenvalue weighted by atomic mass is 16.2. The number of likely N-dealkylation sites (tertiary alicyclic amines) is 1. The fourth-order valence-electron chi connectivity index (χ4n) is 5.68. The number of carbonyl (C=O) groups is 1. The smallest absolute Gasteiger partial charge is 0.241 e. The maximum absolute atomic E-state index is 12.9. The summed E-state index contributed by atoms with van der Waals surface area (Å²) >= 11 is 0. The molecule has 0 bridgehead atoms. The van der Waals surface area contributed by atoms with E-state index in [1.54, 1.807) is 5.57 Å². The first-order chi connectivity index (χ1) is 13.6. The number of allylic oxidation sites excluding steroid dienone is 1. The van der Waals surface area contributed by atoms with Crippen LogP contribution in [-0.2, 0) is 11.3 Å². The molecule has 1 aromatic carbocycles. The molecule has 5 rings (SSSR count). The van der Waals surface area contributed by atoms with Crippen LogP contribution in [0.25, 0.3) is 0 Å². The number of likely N-dealkylation sites (N-methyl/N-ethyl adjacent to an activating group) is 1. The predicted octanol–water partition coefficient (Wildman–Crippen LogP) is 3.45. The number of anilines is 1. The number of hydrogen-bond acceptors (Lipinski definition) is 3. The lowest BCUT2D eigenvalue weighted by atomic mass is 9.88. The van der Waals surface area contributed by atoms with Crippen molar-refractivity contribution in [2.75, 3.05) is 37.6 Å². The Bertz CT molecular complexity index is 844. The quantitative estimate of drug-likeness (QED) is 0.804. The van der Waals surface area contributed by atoms with Gasteiger partial charge in [0, 0.05) is 43.3 Å². The molecule has 148 valence electrons. The normalized spacial score (nSPS) is 32.7. The maximum Gasteiger partial charge on any atom is 0.241 e. The van der Waals surface area contributed by atoms with Crippen LogP contribution in [0.15, 0.2) is 48.1 Å². The molecule has 0 spiro atoms. The molecule has 2 aliphatic carbocycles. The second-order valence-electron chi connectivity index (χ2n) is 8.88. The average molecular weight is 378 g/mol. The molecule has 2 aliphatic heterocycles. The van der Waals surface area contributed by atoms with Crippen molar-refractivity contribution in [3.63, 3.8) is 0 Å². The topological polar surface area (TPSA) is 26.8 Å².